The van der Waals surface area contributed by atoms with Gasteiger partial charge >= 0.3 is 6.18 Å². The van der Waals surface area contributed by atoms with Crippen molar-refractivity contribution in [2.24, 2.45) is 0 Å². The van der Waals surface area contributed by atoms with Crippen molar-refractivity contribution in [3.63, 3.8) is 0 Å². The van der Waals surface area contributed by atoms with Crippen LogP contribution >= 0.6 is 0 Å². The normalized spacial score (nSPS) is 25.3. The van der Waals surface area contributed by atoms with E-state index in [2.05, 4.69) is 9.71 Å². The van der Waals surface area contributed by atoms with Crippen LogP contribution in [0.3, 0.4) is 0 Å². The molecule has 3 rings (SSSR count). The number of sulfonamides is 1. The van der Waals surface area contributed by atoms with Crippen LogP contribution in [-0.2, 0) is 16.2 Å². The molecule has 0 bridgehead atoms. The molecule has 27 heavy (non-hydrogen) atoms. The molecule has 2 fully saturated rings. The fraction of sp³-hybridized carbons (Fsp3) is 0.722. The number of nitrogens with zero attached hydrogens (tertiary/aromatic N) is 1. The molecule has 0 saturated heterocycles. The van der Waals surface area contributed by atoms with Crippen LogP contribution in [0.2, 0.25) is 0 Å². The highest BCUT2D eigenvalue weighted by atomic mass is 32.2. The van der Waals surface area contributed by atoms with Crippen LogP contribution in [-0.4, -0.2) is 30.8 Å². The molecule has 2 aliphatic rings. The van der Waals surface area contributed by atoms with Crippen LogP contribution in [0.1, 0.15) is 63.4 Å². The first kappa shape index (κ1) is 20.4. The Morgan fingerprint density at radius 1 is 1.00 bits per heavy atom. The van der Waals surface area contributed by atoms with Crippen LogP contribution in [0.15, 0.2) is 18.3 Å². The molecule has 0 atom stereocenters. The minimum Gasteiger partial charge on any atom is -0.474 e. The van der Waals surface area contributed by atoms with E-state index in [-0.39, 0.29) is 23.3 Å². The Morgan fingerprint density at radius 3 is 2.22 bits per heavy atom. The van der Waals surface area contributed by atoms with E-state index >= 15 is 0 Å². The third-order valence-corrected chi connectivity index (χ3v) is 7.36. The van der Waals surface area contributed by atoms with Gasteiger partial charge in [0.1, 0.15) is 6.10 Å². The van der Waals surface area contributed by atoms with E-state index in [9.17, 15) is 21.6 Å². The SMILES string of the molecule is O=S(=O)(NC1CCC(Oc2ccc(C(F)(F)F)cn2)CC1)C1CCCCC1. The van der Waals surface area contributed by atoms with Crippen LogP contribution in [0.5, 0.6) is 5.88 Å². The van der Waals surface area contributed by atoms with Crippen LogP contribution < -0.4 is 9.46 Å². The van der Waals surface area contributed by atoms with Crippen molar-refractivity contribution in [1.29, 1.82) is 0 Å². The molecule has 0 aromatic carbocycles. The first-order chi connectivity index (χ1) is 12.7. The summed E-state index contributed by atoms with van der Waals surface area (Å²) in [6, 6.07) is 2.07. The zero-order chi connectivity index (χ0) is 19.5. The van der Waals surface area contributed by atoms with Gasteiger partial charge < -0.3 is 4.74 Å². The molecule has 1 aromatic heterocycles. The van der Waals surface area contributed by atoms with E-state index in [0.29, 0.717) is 25.7 Å². The Balaban J connectivity index is 1.47. The zero-order valence-electron chi connectivity index (χ0n) is 15.0. The maximum absolute atomic E-state index is 12.6. The molecular weight excluding hydrogens is 381 g/mol. The van der Waals surface area contributed by atoms with Gasteiger partial charge in [-0.25, -0.2) is 18.1 Å². The summed E-state index contributed by atoms with van der Waals surface area (Å²) in [7, 11) is -3.29. The highest BCUT2D eigenvalue weighted by Crippen LogP contribution is 2.30. The van der Waals surface area contributed by atoms with Gasteiger partial charge in [-0.2, -0.15) is 13.2 Å². The average molecular weight is 406 g/mol. The molecule has 1 heterocycles. The minimum atomic E-state index is -4.42. The van der Waals surface area contributed by atoms with E-state index in [1.54, 1.807) is 0 Å². The van der Waals surface area contributed by atoms with Gasteiger partial charge in [0.25, 0.3) is 0 Å². The molecule has 152 valence electrons. The topological polar surface area (TPSA) is 68.3 Å². The zero-order valence-corrected chi connectivity index (χ0v) is 15.9. The van der Waals surface area contributed by atoms with Gasteiger partial charge in [0.15, 0.2) is 0 Å². The van der Waals surface area contributed by atoms with Gasteiger partial charge in [0, 0.05) is 18.3 Å². The monoisotopic (exact) mass is 406 g/mol. The Bertz CT molecular complexity index is 708. The maximum atomic E-state index is 12.6. The van der Waals surface area contributed by atoms with Gasteiger partial charge in [-0.05, 0) is 44.6 Å². The minimum absolute atomic E-state index is 0.0997. The van der Waals surface area contributed by atoms with Crippen molar-refractivity contribution in [2.75, 3.05) is 0 Å². The molecule has 9 heteroatoms. The second-order valence-corrected chi connectivity index (χ2v) is 9.39. The summed E-state index contributed by atoms with van der Waals surface area (Å²) in [6.07, 6.45) is 3.25. The number of ether oxygens (including phenoxy) is 1. The molecular formula is C18H25F3N2O3S. The first-order valence-electron chi connectivity index (χ1n) is 9.45. The van der Waals surface area contributed by atoms with Gasteiger partial charge in [0.05, 0.1) is 10.8 Å². The van der Waals surface area contributed by atoms with Crippen molar-refractivity contribution < 1.29 is 26.3 Å². The van der Waals surface area contributed by atoms with E-state index in [0.717, 1.165) is 44.4 Å². The Hall–Kier alpha value is -1.35. The number of hydrogen-bond acceptors (Lipinski definition) is 4. The number of aromatic nitrogens is 1. The summed E-state index contributed by atoms with van der Waals surface area (Å²) in [5.41, 5.74) is -0.810. The lowest BCUT2D eigenvalue weighted by atomic mass is 9.94. The Labute approximate surface area is 157 Å². The molecule has 2 saturated carbocycles. The van der Waals surface area contributed by atoms with Crippen molar-refractivity contribution in [2.45, 2.75) is 81.4 Å². The third kappa shape index (κ3) is 5.57. The van der Waals surface area contributed by atoms with Crippen LogP contribution in [0.4, 0.5) is 13.2 Å². The van der Waals surface area contributed by atoms with Gasteiger partial charge in [-0.3, -0.25) is 0 Å². The molecule has 5 nitrogen and oxygen atoms in total. The molecule has 0 aliphatic heterocycles. The quantitative estimate of drug-likeness (QED) is 0.801. The molecule has 1 N–H and O–H groups in total. The highest BCUT2D eigenvalue weighted by Gasteiger charge is 2.32. The summed E-state index contributed by atoms with van der Waals surface area (Å²) in [4.78, 5) is 3.73. The van der Waals surface area contributed by atoms with Gasteiger partial charge in [-0.1, -0.05) is 19.3 Å². The van der Waals surface area contributed by atoms with Gasteiger partial charge in [-0.15, -0.1) is 0 Å². The number of hydrogen-bond donors (Lipinski definition) is 1. The van der Waals surface area contributed by atoms with Crippen molar-refractivity contribution in [3.05, 3.63) is 23.9 Å². The van der Waals surface area contributed by atoms with Crippen molar-refractivity contribution >= 4 is 10.0 Å². The van der Waals surface area contributed by atoms with Gasteiger partial charge in [0.2, 0.25) is 15.9 Å². The van der Waals surface area contributed by atoms with E-state index < -0.39 is 21.8 Å². The fourth-order valence-corrected chi connectivity index (χ4v) is 5.64. The molecule has 0 amide bonds. The lowest BCUT2D eigenvalue weighted by Crippen LogP contribution is -2.44. The Morgan fingerprint density at radius 2 is 1.67 bits per heavy atom. The predicted molar refractivity (Wildman–Crippen MR) is 94.8 cm³/mol. The highest BCUT2D eigenvalue weighted by molar-refractivity contribution is 7.90. The second kappa shape index (κ2) is 8.34. The number of pyridine rings is 1. The summed E-state index contributed by atoms with van der Waals surface area (Å²) in [5, 5.41) is -0.281. The summed E-state index contributed by atoms with van der Waals surface area (Å²) in [5.74, 6) is 0.161. The number of alkyl halides is 3. The van der Waals surface area contributed by atoms with Crippen molar-refractivity contribution in [1.82, 2.24) is 9.71 Å². The Kier molecular flexibility index (Phi) is 6.30. The summed E-state index contributed by atoms with van der Waals surface area (Å²) in [6.45, 7) is 0. The first-order valence-corrected chi connectivity index (χ1v) is 11.0. The fourth-order valence-electron chi connectivity index (χ4n) is 3.79. The summed E-state index contributed by atoms with van der Waals surface area (Å²) < 4.78 is 71.2. The van der Waals surface area contributed by atoms with E-state index in [1.807, 2.05) is 0 Å². The van der Waals surface area contributed by atoms with E-state index in [1.165, 1.54) is 6.07 Å². The number of nitrogens with one attached hydrogen (secondary N) is 1. The third-order valence-electron chi connectivity index (χ3n) is 5.35. The smallest absolute Gasteiger partial charge is 0.417 e. The maximum Gasteiger partial charge on any atom is 0.417 e. The summed E-state index contributed by atoms with van der Waals surface area (Å²) >= 11 is 0. The standard InChI is InChI=1S/C18H25F3N2O3S/c19-18(20,21)13-6-11-17(22-12-13)26-15-9-7-14(8-10-15)23-27(24,25)16-4-2-1-3-5-16/h6,11-12,14-16,23H,1-5,7-10H2. The van der Waals surface area contributed by atoms with E-state index in [4.69, 9.17) is 4.74 Å². The molecule has 0 unspecified atom stereocenters. The number of rotatable bonds is 5. The number of halogens is 3. The largest absolute Gasteiger partial charge is 0.474 e. The van der Waals surface area contributed by atoms with Crippen LogP contribution in [0.25, 0.3) is 0 Å². The van der Waals surface area contributed by atoms with Crippen LogP contribution in [0, 0.1) is 0 Å². The molecule has 2 aliphatic carbocycles. The lowest BCUT2D eigenvalue weighted by Gasteiger charge is -2.31. The molecule has 1 aromatic rings. The average Bonchev–Trinajstić information content (AvgIpc) is 2.64. The molecule has 0 spiro atoms. The lowest BCUT2D eigenvalue weighted by molar-refractivity contribution is -0.137. The second-order valence-electron chi connectivity index (χ2n) is 7.40. The predicted octanol–water partition coefficient (Wildman–Crippen LogP) is 4.04. The molecule has 0 radical (unpaired) electrons. The van der Waals surface area contributed by atoms with Crippen molar-refractivity contribution in [3.8, 4) is 5.88 Å².